The number of ether oxygens (including phenoxy) is 1. The summed E-state index contributed by atoms with van der Waals surface area (Å²) in [5, 5.41) is 5.71. The van der Waals surface area contributed by atoms with Crippen molar-refractivity contribution in [1.82, 2.24) is 14.9 Å². The Labute approximate surface area is 148 Å². The van der Waals surface area contributed by atoms with Crippen LogP contribution in [0.2, 0.25) is 0 Å². The van der Waals surface area contributed by atoms with Gasteiger partial charge in [0.15, 0.2) is 0 Å². The quantitative estimate of drug-likeness (QED) is 0.807. The van der Waals surface area contributed by atoms with Gasteiger partial charge >= 0.3 is 6.03 Å². The highest BCUT2D eigenvalue weighted by Gasteiger charge is 2.10. The third kappa shape index (κ3) is 5.95. The van der Waals surface area contributed by atoms with Crippen LogP contribution in [0, 0.1) is 5.92 Å². The van der Waals surface area contributed by atoms with Crippen LogP contribution in [-0.2, 0) is 6.54 Å². The van der Waals surface area contributed by atoms with E-state index in [4.69, 9.17) is 4.74 Å². The largest absolute Gasteiger partial charge is 0.493 e. The van der Waals surface area contributed by atoms with Crippen LogP contribution in [0.3, 0.4) is 0 Å². The number of amides is 2. The van der Waals surface area contributed by atoms with Crippen molar-refractivity contribution in [2.75, 3.05) is 31.3 Å². The lowest BCUT2D eigenvalue weighted by atomic mass is 10.2. The fraction of sp³-hybridized carbons (Fsp3) is 0.389. The van der Waals surface area contributed by atoms with Crippen molar-refractivity contribution in [3.05, 3.63) is 42.2 Å². The molecule has 1 aromatic carbocycles. The van der Waals surface area contributed by atoms with Crippen molar-refractivity contribution in [2.45, 2.75) is 20.4 Å². The summed E-state index contributed by atoms with van der Waals surface area (Å²) in [7, 11) is 3.48. The number of rotatable bonds is 7. The minimum absolute atomic E-state index is 0.200. The molecular weight excluding hydrogens is 318 g/mol. The minimum Gasteiger partial charge on any atom is -0.493 e. The zero-order valence-electron chi connectivity index (χ0n) is 15.1. The number of benzene rings is 1. The van der Waals surface area contributed by atoms with E-state index in [0.29, 0.717) is 25.0 Å². The van der Waals surface area contributed by atoms with E-state index in [0.717, 1.165) is 17.0 Å². The smallest absolute Gasteiger partial charge is 0.321 e. The molecule has 2 N–H and O–H groups in total. The molecule has 0 aliphatic carbocycles. The average Bonchev–Trinajstić information content (AvgIpc) is 2.61. The Kier molecular flexibility index (Phi) is 6.56. The number of urea groups is 1. The molecule has 1 heterocycles. The number of carbonyl (C=O) groups is 1. The average molecular weight is 343 g/mol. The lowest BCUT2D eigenvalue weighted by Crippen LogP contribution is -2.30. The zero-order valence-corrected chi connectivity index (χ0v) is 15.1. The van der Waals surface area contributed by atoms with Crippen LogP contribution in [0.15, 0.2) is 36.7 Å². The van der Waals surface area contributed by atoms with Gasteiger partial charge in [0.25, 0.3) is 0 Å². The maximum Gasteiger partial charge on any atom is 0.321 e. The van der Waals surface area contributed by atoms with Crippen LogP contribution in [-0.4, -0.2) is 41.6 Å². The molecule has 0 atom stereocenters. The van der Waals surface area contributed by atoms with Gasteiger partial charge in [-0.25, -0.2) is 14.8 Å². The molecule has 0 radical (unpaired) electrons. The first-order valence-corrected chi connectivity index (χ1v) is 8.21. The summed E-state index contributed by atoms with van der Waals surface area (Å²) >= 11 is 0. The molecule has 0 fully saturated rings. The summed E-state index contributed by atoms with van der Waals surface area (Å²) in [5.41, 5.74) is 1.57. The predicted octanol–water partition coefficient (Wildman–Crippen LogP) is 3.22. The van der Waals surface area contributed by atoms with Gasteiger partial charge in [-0.15, -0.1) is 0 Å². The van der Waals surface area contributed by atoms with Crippen molar-refractivity contribution in [3.63, 3.8) is 0 Å². The van der Waals surface area contributed by atoms with Gasteiger partial charge < -0.3 is 20.3 Å². The summed E-state index contributed by atoms with van der Waals surface area (Å²) < 4.78 is 5.63. The van der Waals surface area contributed by atoms with Gasteiger partial charge in [0, 0.05) is 37.7 Å². The maximum atomic E-state index is 12.3. The van der Waals surface area contributed by atoms with Crippen LogP contribution in [0.4, 0.5) is 16.4 Å². The number of hydrogen-bond donors (Lipinski definition) is 2. The number of hydrogen-bond acceptors (Lipinski definition) is 5. The molecule has 7 heteroatoms. The summed E-state index contributed by atoms with van der Waals surface area (Å²) in [6.45, 7) is 5.29. The normalized spacial score (nSPS) is 10.4. The number of nitrogens with zero attached hydrogens (tertiary/aromatic N) is 3. The number of carbonyl (C=O) groups excluding carboxylic acids is 1. The summed E-state index contributed by atoms with van der Waals surface area (Å²) in [4.78, 5) is 22.1. The van der Waals surface area contributed by atoms with E-state index >= 15 is 0 Å². The van der Waals surface area contributed by atoms with Gasteiger partial charge in [0.2, 0.25) is 5.95 Å². The molecule has 134 valence electrons. The Balaban J connectivity index is 1.87. The molecule has 0 saturated carbocycles. The second-order valence-corrected chi connectivity index (χ2v) is 6.18. The third-order valence-electron chi connectivity index (χ3n) is 3.38. The van der Waals surface area contributed by atoms with E-state index in [1.165, 1.54) is 0 Å². The van der Waals surface area contributed by atoms with Gasteiger partial charge in [0.05, 0.1) is 13.2 Å². The first-order valence-electron chi connectivity index (χ1n) is 8.21. The molecule has 7 nitrogen and oxygen atoms in total. The lowest BCUT2D eigenvalue weighted by molar-refractivity contribution is 0.220. The number of aromatic nitrogens is 2. The topological polar surface area (TPSA) is 79.4 Å². The van der Waals surface area contributed by atoms with Crippen LogP contribution < -0.4 is 15.4 Å². The maximum absolute atomic E-state index is 12.3. The fourth-order valence-electron chi connectivity index (χ4n) is 2.03. The SMILES string of the molecule is CNc1ncc(CN(C)C(=O)Nc2ccc(OCC(C)C)cc2)cn1. The molecule has 0 aliphatic heterocycles. The number of nitrogens with one attached hydrogen (secondary N) is 2. The van der Waals surface area contributed by atoms with Crippen molar-refractivity contribution in [1.29, 1.82) is 0 Å². The molecule has 0 aliphatic rings. The molecule has 0 bridgehead atoms. The van der Waals surface area contributed by atoms with E-state index < -0.39 is 0 Å². The highest BCUT2D eigenvalue weighted by atomic mass is 16.5. The number of anilines is 2. The molecular formula is C18H25N5O2. The Morgan fingerprint density at radius 3 is 2.40 bits per heavy atom. The molecule has 2 rings (SSSR count). The molecule has 2 aromatic rings. The standard InChI is InChI=1S/C18H25N5O2/c1-13(2)12-25-16-7-5-15(6-8-16)22-18(24)23(4)11-14-9-20-17(19-3)21-10-14/h5-10,13H,11-12H2,1-4H3,(H,22,24)(H,19,20,21). The molecule has 2 amide bonds. The van der Waals surface area contributed by atoms with Gasteiger partial charge in [0.1, 0.15) is 5.75 Å². The van der Waals surface area contributed by atoms with Crippen LogP contribution in [0.1, 0.15) is 19.4 Å². The van der Waals surface area contributed by atoms with Crippen molar-refractivity contribution in [2.24, 2.45) is 5.92 Å². The van der Waals surface area contributed by atoms with Crippen molar-refractivity contribution in [3.8, 4) is 5.75 Å². The third-order valence-corrected chi connectivity index (χ3v) is 3.38. The Bertz CT molecular complexity index is 671. The Hall–Kier alpha value is -2.83. The van der Waals surface area contributed by atoms with Gasteiger partial charge in [-0.3, -0.25) is 0 Å². The lowest BCUT2D eigenvalue weighted by Gasteiger charge is -2.18. The van der Waals surface area contributed by atoms with Gasteiger partial charge in [-0.2, -0.15) is 0 Å². The summed E-state index contributed by atoms with van der Waals surface area (Å²) in [5.74, 6) is 1.82. The molecule has 25 heavy (non-hydrogen) atoms. The Morgan fingerprint density at radius 1 is 1.20 bits per heavy atom. The van der Waals surface area contributed by atoms with E-state index in [1.54, 1.807) is 31.4 Å². The predicted molar refractivity (Wildman–Crippen MR) is 98.8 cm³/mol. The second kappa shape index (κ2) is 8.86. The van der Waals surface area contributed by atoms with E-state index in [1.807, 2.05) is 24.3 Å². The van der Waals surface area contributed by atoms with E-state index in [2.05, 4.69) is 34.4 Å². The summed E-state index contributed by atoms with van der Waals surface area (Å²) in [6.07, 6.45) is 3.40. The molecule has 0 unspecified atom stereocenters. The van der Waals surface area contributed by atoms with Crippen LogP contribution >= 0.6 is 0 Å². The van der Waals surface area contributed by atoms with Crippen LogP contribution in [0.5, 0.6) is 5.75 Å². The monoisotopic (exact) mass is 343 g/mol. The molecule has 1 aromatic heterocycles. The van der Waals surface area contributed by atoms with Gasteiger partial charge in [-0.05, 0) is 30.2 Å². The first kappa shape index (κ1) is 18.5. The highest BCUT2D eigenvalue weighted by Crippen LogP contribution is 2.17. The minimum atomic E-state index is -0.200. The highest BCUT2D eigenvalue weighted by molar-refractivity contribution is 5.89. The van der Waals surface area contributed by atoms with E-state index in [-0.39, 0.29) is 6.03 Å². The van der Waals surface area contributed by atoms with E-state index in [9.17, 15) is 4.79 Å². The van der Waals surface area contributed by atoms with Gasteiger partial charge in [-0.1, -0.05) is 13.8 Å². The molecule has 0 saturated heterocycles. The first-order chi connectivity index (χ1) is 12.0. The van der Waals surface area contributed by atoms with Crippen molar-refractivity contribution < 1.29 is 9.53 Å². The second-order valence-electron chi connectivity index (χ2n) is 6.18. The zero-order chi connectivity index (χ0) is 18.2. The Morgan fingerprint density at radius 2 is 1.84 bits per heavy atom. The molecule has 0 spiro atoms. The van der Waals surface area contributed by atoms with Crippen LogP contribution in [0.25, 0.3) is 0 Å². The fourth-order valence-corrected chi connectivity index (χ4v) is 2.03. The summed E-state index contributed by atoms with van der Waals surface area (Å²) in [6, 6.07) is 7.15. The van der Waals surface area contributed by atoms with Crippen molar-refractivity contribution >= 4 is 17.7 Å².